The quantitative estimate of drug-likeness (QED) is 0.566. The summed E-state index contributed by atoms with van der Waals surface area (Å²) in [6, 6.07) is 5.64. The van der Waals surface area contributed by atoms with Crippen molar-refractivity contribution in [1.82, 2.24) is 14.9 Å². The fraction of sp³-hybridized carbons (Fsp3) is 0.560. The van der Waals surface area contributed by atoms with E-state index in [2.05, 4.69) is 15.3 Å². The van der Waals surface area contributed by atoms with Gasteiger partial charge in [0.2, 0.25) is 5.88 Å². The number of anilines is 2. The van der Waals surface area contributed by atoms with Gasteiger partial charge in [-0.05, 0) is 37.0 Å². The molecular weight excluding hydrogens is 520 g/mol. The van der Waals surface area contributed by atoms with Gasteiger partial charge in [-0.15, -0.1) is 0 Å². The molecule has 1 amide bonds. The highest BCUT2D eigenvalue weighted by molar-refractivity contribution is 7.51. The molecule has 2 bridgehead atoms. The van der Waals surface area contributed by atoms with Gasteiger partial charge in [-0.3, -0.25) is 4.90 Å². The van der Waals surface area contributed by atoms with Gasteiger partial charge in [-0.2, -0.15) is 8.42 Å². The number of piperidine rings is 1. The first-order valence-corrected chi connectivity index (χ1v) is 13.0. The van der Waals surface area contributed by atoms with Gasteiger partial charge in [0.15, 0.2) is 0 Å². The van der Waals surface area contributed by atoms with Crippen molar-refractivity contribution >= 4 is 40.8 Å². The Morgan fingerprint density at radius 3 is 2.43 bits per heavy atom. The normalized spacial score (nSPS) is 20.8. The summed E-state index contributed by atoms with van der Waals surface area (Å²) in [5, 5.41) is 3.90. The summed E-state index contributed by atoms with van der Waals surface area (Å²) in [6.07, 6.45) is 2.42. The molecule has 1 aromatic heterocycles. The molecule has 2 saturated heterocycles. The van der Waals surface area contributed by atoms with E-state index in [-0.39, 0.29) is 29.7 Å². The van der Waals surface area contributed by atoms with Crippen LogP contribution in [0.4, 0.5) is 16.3 Å². The summed E-state index contributed by atoms with van der Waals surface area (Å²) >= 11 is 5.63. The molecule has 202 valence electrons. The van der Waals surface area contributed by atoms with Crippen molar-refractivity contribution < 1.29 is 27.4 Å². The average molecular weight is 553 g/mol. The Balaban J connectivity index is 0.00000121. The summed E-state index contributed by atoms with van der Waals surface area (Å²) in [4.78, 5) is 23.4. The lowest BCUT2D eigenvalue weighted by atomic mass is 9.92. The van der Waals surface area contributed by atoms with Crippen LogP contribution in [-0.4, -0.2) is 67.4 Å². The second-order valence-electron chi connectivity index (χ2n) is 10.4. The van der Waals surface area contributed by atoms with Crippen LogP contribution in [0.2, 0.25) is 5.02 Å². The molecule has 1 aromatic carbocycles. The first kappa shape index (κ1) is 28.8. The van der Waals surface area contributed by atoms with Crippen LogP contribution in [0.5, 0.6) is 5.88 Å². The molecule has 1 N–H and O–H groups in total. The minimum Gasteiger partial charge on any atom is -0.474 e. The molecule has 0 spiro atoms. The highest BCUT2D eigenvalue weighted by atomic mass is 35.5. The van der Waals surface area contributed by atoms with Crippen LogP contribution in [0, 0.1) is 19.3 Å². The van der Waals surface area contributed by atoms with Crippen molar-refractivity contribution in [1.29, 1.82) is 0 Å². The van der Waals surface area contributed by atoms with Crippen molar-refractivity contribution in [3.63, 3.8) is 0 Å². The Morgan fingerprint density at radius 2 is 1.84 bits per heavy atom. The number of benzene rings is 1. The molecule has 10 nitrogen and oxygen atoms in total. The van der Waals surface area contributed by atoms with E-state index in [0.717, 1.165) is 16.8 Å². The SMILES string of the molecule is Cc1ccc(Nc2ncnc(OC3CC4COCC(C3)N4C(=O)OCC(C)(C)C)c2C)c(Cl)c1.O=S=O. The predicted molar refractivity (Wildman–Crippen MR) is 140 cm³/mol. The van der Waals surface area contributed by atoms with Gasteiger partial charge >= 0.3 is 17.7 Å². The highest BCUT2D eigenvalue weighted by Crippen LogP contribution is 2.34. The lowest BCUT2D eigenvalue weighted by Gasteiger charge is -2.47. The van der Waals surface area contributed by atoms with Crippen LogP contribution in [0.15, 0.2) is 24.5 Å². The number of fused-ring (bicyclic) bond motifs is 2. The largest absolute Gasteiger partial charge is 0.474 e. The van der Waals surface area contributed by atoms with Crippen molar-refractivity contribution in [3.8, 4) is 5.88 Å². The Kier molecular flexibility index (Phi) is 9.86. The molecule has 0 radical (unpaired) electrons. The molecule has 2 aromatic rings. The molecule has 0 aliphatic carbocycles. The second kappa shape index (κ2) is 12.7. The molecule has 2 unspecified atom stereocenters. The standard InChI is InChI=1S/C25H33ClN4O4.O2S/c1-15-6-7-21(20(26)8-15)29-22-16(2)23(28-14-27-22)34-19-9-17-11-32-12-18(10-19)30(17)24(31)33-13-25(3,4)5;1-3-2/h6-8,14,17-19H,9-13H2,1-5H3,(H,27,28,29);. The number of halogens is 1. The van der Waals surface area contributed by atoms with Crippen LogP contribution in [-0.2, 0) is 21.0 Å². The number of aryl methyl sites for hydroxylation is 1. The molecule has 2 aliphatic rings. The minimum absolute atomic E-state index is 0.0816. The third-order valence-electron chi connectivity index (χ3n) is 6.01. The number of ether oxygens (including phenoxy) is 3. The van der Waals surface area contributed by atoms with E-state index in [1.54, 1.807) is 0 Å². The molecule has 2 atom stereocenters. The Morgan fingerprint density at radius 1 is 1.19 bits per heavy atom. The number of amides is 1. The molecule has 2 aliphatic heterocycles. The predicted octanol–water partition coefficient (Wildman–Crippen LogP) is 4.61. The van der Waals surface area contributed by atoms with Crippen LogP contribution in [0.1, 0.15) is 44.7 Å². The average Bonchev–Trinajstić information content (AvgIpc) is 2.81. The Bertz CT molecular complexity index is 1120. The molecule has 4 rings (SSSR count). The van der Waals surface area contributed by atoms with E-state index >= 15 is 0 Å². The number of nitrogens with one attached hydrogen (secondary N) is 1. The summed E-state index contributed by atoms with van der Waals surface area (Å²) in [7, 11) is 0. The van der Waals surface area contributed by atoms with Gasteiger partial charge in [0.1, 0.15) is 18.2 Å². The summed E-state index contributed by atoms with van der Waals surface area (Å²) in [6.45, 7) is 11.4. The van der Waals surface area contributed by atoms with Crippen molar-refractivity contribution in [2.24, 2.45) is 5.41 Å². The first-order chi connectivity index (χ1) is 17.5. The Hall–Kier alpha value is -2.76. The number of hydrogen-bond acceptors (Lipinski definition) is 9. The van der Waals surface area contributed by atoms with Crippen LogP contribution < -0.4 is 10.1 Å². The van der Waals surface area contributed by atoms with Gasteiger partial charge in [-0.25, -0.2) is 14.8 Å². The zero-order valence-electron chi connectivity index (χ0n) is 21.7. The highest BCUT2D eigenvalue weighted by Gasteiger charge is 2.43. The van der Waals surface area contributed by atoms with Gasteiger partial charge in [0.25, 0.3) is 0 Å². The van der Waals surface area contributed by atoms with E-state index < -0.39 is 11.6 Å². The molecule has 3 heterocycles. The smallest absolute Gasteiger partial charge is 0.410 e. The van der Waals surface area contributed by atoms with Gasteiger partial charge in [0, 0.05) is 12.8 Å². The van der Waals surface area contributed by atoms with Gasteiger partial charge < -0.3 is 19.5 Å². The number of hydrogen-bond donors (Lipinski definition) is 1. The Labute approximate surface area is 225 Å². The van der Waals surface area contributed by atoms with E-state index in [1.165, 1.54) is 6.33 Å². The number of rotatable bonds is 5. The number of morpholine rings is 1. The molecular formula is C25H33ClN4O6S. The van der Waals surface area contributed by atoms with Crippen molar-refractivity contribution in [3.05, 3.63) is 40.7 Å². The maximum Gasteiger partial charge on any atom is 0.410 e. The second-order valence-corrected chi connectivity index (χ2v) is 11.0. The number of nitrogens with zero attached hydrogens (tertiary/aromatic N) is 3. The summed E-state index contributed by atoms with van der Waals surface area (Å²) < 4.78 is 34.2. The van der Waals surface area contributed by atoms with Gasteiger partial charge in [0.05, 0.1) is 48.2 Å². The molecule has 12 heteroatoms. The van der Waals surface area contributed by atoms with E-state index in [9.17, 15) is 4.79 Å². The van der Waals surface area contributed by atoms with E-state index in [1.807, 2.05) is 57.7 Å². The van der Waals surface area contributed by atoms with Crippen molar-refractivity contribution in [2.45, 2.75) is 65.6 Å². The van der Waals surface area contributed by atoms with Gasteiger partial charge in [-0.1, -0.05) is 38.4 Å². The first-order valence-electron chi connectivity index (χ1n) is 12.0. The zero-order chi connectivity index (χ0) is 27.2. The molecule has 2 fully saturated rings. The summed E-state index contributed by atoms with van der Waals surface area (Å²) in [5.74, 6) is 1.16. The number of carbonyl (C=O) groups excluding carboxylic acids is 1. The maximum atomic E-state index is 12.8. The molecule has 37 heavy (non-hydrogen) atoms. The zero-order valence-corrected chi connectivity index (χ0v) is 23.2. The fourth-order valence-electron chi connectivity index (χ4n) is 4.30. The lowest BCUT2D eigenvalue weighted by Crippen LogP contribution is -2.61. The van der Waals surface area contributed by atoms with Crippen LogP contribution in [0.25, 0.3) is 0 Å². The fourth-order valence-corrected chi connectivity index (χ4v) is 4.58. The minimum atomic E-state index is -0.750. The van der Waals surface area contributed by atoms with Crippen molar-refractivity contribution in [2.75, 3.05) is 25.1 Å². The maximum absolute atomic E-state index is 12.8. The monoisotopic (exact) mass is 552 g/mol. The number of aromatic nitrogens is 2. The van der Waals surface area contributed by atoms with Crippen LogP contribution in [0.3, 0.4) is 0 Å². The number of carbonyl (C=O) groups is 1. The lowest BCUT2D eigenvalue weighted by molar-refractivity contribution is -0.0928. The van der Waals surface area contributed by atoms with E-state index in [4.69, 9.17) is 34.2 Å². The van der Waals surface area contributed by atoms with Crippen LogP contribution >= 0.6 is 11.6 Å². The molecule has 0 saturated carbocycles. The third-order valence-corrected chi connectivity index (χ3v) is 6.32. The third kappa shape index (κ3) is 7.86. The van der Waals surface area contributed by atoms with E-state index in [0.29, 0.717) is 49.4 Å². The topological polar surface area (TPSA) is 120 Å². The summed E-state index contributed by atoms with van der Waals surface area (Å²) in [5.41, 5.74) is 2.57.